The van der Waals surface area contributed by atoms with Crippen LogP contribution in [0.1, 0.15) is 91.9 Å². The van der Waals surface area contributed by atoms with E-state index in [1.165, 1.54) is 95.1 Å². The van der Waals surface area contributed by atoms with Crippen molar-refractivity contribution < 1.29 is 29.9 Å². The Morgan fingerprint density at radius 2 is 0.453 bits per heavy atom. The first-order valence-corrected chi connectivity index (χ1v) is 21.2. The highest BCUT2D eigenvalue weighted by molar-refractivity contribution is 5.53. The Morgan fingerprint density at radius 3 is 0.625 bits per heavy atom. The number of aromatic hydroxyl groups is 4. The molecule has 10 nitrogen and oxygen atoms in total. The van der Waals surface area contributed by atoms with Gasteiger partial charge in [0.15, 0.2) is 0 Å². The van der Waals surface area contributed by atoms with Crippen LogP contribution >= 0.6 is 0 Å². The van der Waals surface area contributed by atoms with Crippen LogP contribution in [-0.4, -0.2) is 54.6 Å². The van der Waals surface area contributed by atoms with E-state index in [2.05, 4.69) is 117 Å². The Kier molecular flexibility index (Phi) is 11.9. The van der Waals surface area contributed by atoms with Gasteiger partial charge in [-0.1, -0.05) is 48.5 Å². The first-order valence-electron chi connectivity index (χ1n) is 21.2. The fraction of sp³-hybridized carbons (Fsp3) is 0.185. The lowest BCUT2D eigenvalue weighted by atomic mass is 9.47. The Hall–Kier alpha value is -7.72. The van der Waals surface area contributed by atoms with Gasteiger partial charge in [-0.3, -0.25) is 19.9 Å². The van der Waals surface area contributed by atoms with E-state index in [-0.39, 0.29) is 23.0 Å². The molecule has 8 unspecified atom stereocenters. The molecule has 0 radical (unpaired) electrons. The van der Waals surface area contributed by atoms with Crippen molar-refractivity contribution in [3.05, 3.63) is 228 Å². The number of methoxy groups -OCH3 is 2. The molecule has 10 heteroatoms. The second kappa shape index (κ2) is 18.3. The first-order chi connectivity index (χ1) is 31.3. The Balaban J connectivity index is 0.000000214. The van der Waals surface area contributed by atoms with Gasteiger partial charge in [-0.25, -0.2) is 0 Å². The van der Waals surface area contributed by atoms with Gasteiger partial charge in [-0.15, -0.1) is 0 Å². The van der Waals surface area contributed by atoms with Crippen LogP contribution in [0.4, 0.5) is 0 Å². The van der Waals surface area contributed by atoms with Gasteiger partial charge < -0.3 is 29.9 Å². The molecule has 14 rings (SSSR count). The van der Waals surface area contributed by atoms with E-state index in [1.54, 1.807) is 0 Å². The molecule has 0 amide bonds. The SMILES string of the molecule is COc1cc(O)cc(O)c1.COc1cc(O)cc(O)c1.c1cc(C2C(c3ccncc3)C3c4ccc(cc4)C4C(c5ccncc5)C(c5ccncc5)C4c4ccc(cc4)C23)ccn1. The number of ether oxygens (including phenoxy) is 2. The van der Waals surface area contributed by atoms with Crippen molar-refractivity contribution in [2.24, 2.45) is 0 Å². The minimum absolute atomic E-state index is 0.00292. The summed E-state index contributed by atoms with van der Waals surface area (Å²) in [5, 5.41) is 35.5. The number of phenols is 4. The minimum Gasteiger partial charge on any atom is -0.508 e. The van der Waals surface area contributed by atoms with Crippen molar-refractivity contribution in [1.82, 2.24) is 19.9 Å². The fourth-order valence-corrected chi connectivity index (χ4v) is 10.4. The lowest BCUT2D eigenvalue weighted by Crippen LogP contribution is -2.41. The van der Waals surface area contributed by atoms with Crippen molar-refractivity contribution in [2.75, 3.05) is 14.2 Å². The van der Waals surface area contributed by atoms with Gasteiger partial charge in [-0.05, 0) is 140 Å². The highest BCUT2D eigenvalue weighted by atomic mass is 16.5. The summed E-state index contributed by atoms with van der Waals surface area (Å²) < 4.78 is 9.51. The Bertz CT molecular complexity index is 2410. The van der Waals surface area contributed by atoms with Gasteiger partial charge in [0.1, 0.15) is 34.5 Å². The molecule has 320 valence electrons. The van der Waals surface area contributed by atoms with Gasteiger partial charge in [0.25, 0.3) is 0 Å². The third kappa shape index (κ3) is 8.30. The Labute approximate surface area is 372 Å². The standard InChI is InChI=1S/C40H32N4.2C7H8O3/c1-2-26-4-3-25(1)33-35(39(31-13-21-43-22-14-31)37(33)29-9-17-41-18-10-29)27-5-7-28(8-6-27)36-34(26)38(30-11-19-42-20-12-30)40(36)32-15-23-44-24-16-32;2*1-10-7-3-5(8)2-6(9)4-7/h1-24,33-40H;2*2-4,8-9H,1H3. The van der Waals surface area contributed by atoms with E-state index in [0.717, 1.165) is 0 Å². The van der Waals surface area contributed by atoms with Gasteiger partial charge in [0, 0.05) is 86.0 Å². The molecular weight excluding hydrogens is 801 g/mol. The Morgan fingerprint density at radius 1 is 0.281 bits per heavy atom. The molecule has 4 heterocycles. The zero-order chi connectivity index (χ0) is 44.2. The third-order valence-electron chi connectivity index (χ3n) is 13.1. The van der Waals surface area contributed by atoms with Crippen molar-refractivity contribution in [3.63, 3.8) is 0 Å². The summed E-state index contributed by atoms with van der Waals surface area (Å²) in [7, 11) is 2.93. The number of rotatable bonds is 6. The molecule has 6 aliphatic carbocycles. The molecule has 2 fully saturated rings. The fourth-order valence-electron chi connectivity index (χ4n) is 10.4. The van der Waals surface area contributed by atoms with Crippen LogP contribution < -0.4 is 9.47 Å². The smallest absolute Gasteiger partial charge is 0.126 e. The number of benzene rings is 4. The minimum atomic E-state index is -0.00292. The van der Waals surface area contributed by atoms with Crippen molar-refractivity contribution in [2.45, 2.75) is 47.3 Å². The summed E-state index contributed by atoms with van der Waals surface area (Å²) in [5.41, 5.74) is 11.1. The second-order valence-electron chi connectivity index (χ2n) is 16.4. The maximum Gasteiger partial charge on any atom is 0.126 e. The molecule has 0 spiro atoms. The van der Waals surface area contributed by atoms with Crippen LogP contribution in [-0.2, 0) is 0 Å². The molecule has 4 bridgehead atoms. The van der Waals surface area contributed by atoms with Gasteiger partial charge in [-0.2, -0.15) is 0 Å². The molecule has 8 atom stereocenters. The number of phenolic OH excluding ortho intramolecular Hbond substituents is 4. The summed E-state index contributed by atoms with van der Waals surface area (Å²) in [5.74, 6) is 3.77. The maximum atomic E-state index is 8.88. The lowest BCUT2D eigenvalue weighted by Gasteiger charge is -2.55. The number of pyridine rings is 4. The van der Waals surface area contributed by atoms with Crippen LogP contribution in [0.2, 0.25) is 0 Å². The molecule has 64 heavy (non-hydrogen) atoms. The van der Waals surface area contributed by atoms with Gasteiger partial charge >= 0.3 is 0 Å². The van der Waals surface area contributed by atoms with E-state index in [9.17, 15) is 0 Å². The van der Waals surface area contributed by atoms with E-state index in [4.69, 9.17) is 29.9 Å². The predicted octanol–water partition coefficient (Wildman–Crippen LogP) is 10.7. The average molecular weight is 849 g/mol. The molecule has 8 aromatic rings. The average Bonchev–Trinajstić information content (AvgIpc) is 3.30. The predicted molar refractivity (Wildman–Crippen MR) is 244 cm³/mol. The number of nitrogens with zero attached hydrogens (tertiary/aromatic N) is 4. The lowest BCUT2D eigenvalue weighted by molar-refractivity contribution is 0.222. The van der Waals surface area contributed by atoms with Crippen LogP contribution in [0.5, 0.6) is 34.5 Å². The van der Waals surface area contributed by atoms with Crippen molar-refractivity contribution >= 4 is 0 Å². The summed E-state index contributed by atoms with van der Waals surface area (Å²) >= 11 is 0. The molecule has 4 aromatic heterocycles. The summed E-state index contributed by atoms with van der Waals surface area (Å²) in [4.78, 5) is 17.4. The van der Waals surface area contributed by atoms with Crippen LogP contribution in [0.15, 0.2) is 183 Å². The highest BCUT2D eigenvalue weighted by Gasteiger charge is 2.55. The first kappa shape index (κ1) is 41.6. The summed E-state index contributed by atoms with van der Waals surface area (Å²) in [6, 6.07) is 45.2. The molecular formula is C54H48N4O6. The maximum absolute atomic E-state index is 8.88. The number of hydrogen-bond acceptors (Lipinski definition) is 10. The molecule has 0 aliphatic heterocycles. The molecule has 6 aliphatic rings. The normalized spacial score (nSPS) is 22.2. The van der Waals surface area contributed by atoms with E-state index < -0.39 is 0 Å². The zero-order valence-electron chi connectivity index (χ0n) is 35.3. The summed E-state index contributed by atoms with van der Waals surface area (Å²) in [6.45, 7) is 0. The topological polar surface area (TPSA) is 151 Å². The number of aromatic nitrogens is 4. The van der Waals surface area contributed by atoms with E-state index >= 15 is 0 Å². The van der Waals surface area contributed by atoms with Crippen LogP contribution in [0.25, 0.3) is 0 Å². The molecule has 0 saturated heterocycles. The molecule has 4 N–H and O–H groups in total. The van der Waals surface area contributed by atoms with Gasteiger partial charge in [0.2, 0.25) is 0 Å². The van der Waals surface area contributed by atoms with Crippen LogP contribution in [0, 0.1) is 0 Å². The van der Waals surface area contributed by atoms with E-state index in [0.29, 0.717) is 58.8 Å². The van der Waals surface area contributed by atoms with Gasteiger partial charge in [0.05, 0.1) is 14.2 Å². The monoisotopic (exact) mass is 848 g/mol. The summed E-state index contributed by atoms with van der Waals surface area (Å²) in [6.07, 6.45) is 15.5. The van der Waals surface area contributed by atoms with Crippen molar-refractivity contribution in [3.8, 4) is 34.5 Å². The second-order valence-corrected chi connectivity index (χ2v) is 16.4. The highest BCUT2D eigenvalue weighted by Crippen LogP contribution is 2.69. The number of hydrogen-bond donors (Lipinski definition) is 4. The third-order valence-corrected chi connectivity index (χ3v) is 13.1. The largest absolute Gasteiger partial charge is 0.508 e. The van der Waals surface area contributed by atoms with Crippen LogP contribution in [0.3, 0.4) is 0 Å². The quantitative estimate of drug-likeness (QED) is 0.127. The zero-order valence-corrected chi connectivity index (χ0v) is 35.3. The van der Waals surface area contributed by atoms with Crippen molar-refractivity contribution in [1.29, 1.82) is 0 Å². The molecule has 2 saturated carbocycles. The van der Waals surface area contributed by atoms with E-state index in [1.807, 2.05) is 49.6 Å². The molecule has 4 aromatic carbocycles.